The van der Waals surface area contributed by atoms with E-state index in [9.17, 15) is 9.59 Å². The average Bonchev–Trinajstić information content (AvgIpc) is 2.61. The molecule has 2 aromatic carbocycles. The molecule has 0 aliphatic carbocycles. The third-order valence-electron chi connectivity index (χ3n) is 4.73. The smallest absolute Gasteiger partial charge is 0.319 e. The molecule has 0 aromatic heterocycles. The third-order valence-corrected chi connectivity index (χ3v) is 4.73. The summed E-state index contributed by atoms with van der Waals surface area (Å²) in [6, 6.07) is 16.4. The second-order valence-corrected chi connectivity index (χ2v) is 7.81. The van der Waals surface area contributed by atoms with Crippen LogP contribution in [-0.4, -0.2) is 11.9 Å². The predicted molar refractivity (Wildman–Crippen MR) is 107 cm³/mol. The van der Waals surface area contributed by atoms with E-state index in [1.807, 2.05) is 54.6 Å². The Labute approximate surface area is 159 Å². The monoisotopic (exact) mass is 363 g/mol. The van der Waals surface area contributed by atoms with E-state index < -0.39 is 12.0 Å². The molecule has 0 unspecified atom stereocenters. The van der Waals surface area contributed by atoms with Crippen LogP contribution in [0.5, 0.6) is 0 Å². The van der Waals surface area contributed by atoms with E-state index in [0.717, 1.165) is 5.56 Å². The Morgan fingerprint density at radius 2 is 1.67 bits per heavy atom. The fourth-order valence-electron chi connectivity index (χ4n) is 3.20. The Kier molecular flexibility index (Phi) is 5.04. The molecule has 1 aliphatic rings. The standard InChI is InChI=1S/C22H25N3O2/c1-14-18(20(26)24-17-8-6-5-7-9-17)19(25-21(27)23-14)15-10-12-16(13-11-15)22(2,3)4/h5-13,18-19H,1H2,2-4H3,(H,24,26)(H2,23,25,27)/t18-,19-/m0/s1. The summed E-state index contributed by atoms with van der Waals surface area (Å²) >= 11 is 0. The van der Waals surface area contributed by atoms with Crippen LogP contribution in [0.15, 0.2) is 66.9 Å². The summed E-state index contributed by atoms with van der Waals surface area (Å²) in [5, 5.41) is 8.39. The van der Waals surface area contributed by atoms with Crippen molar-refractivity contribution in [3.8, 4) is 0 Å². The molecule has 3 N–H and O–H groups in total. The number of anilines is 1. The second-order valence-electron chi connectivity index (χ2n) is 7.81. The van der Waals surface area contributed by atoms with Gasteiger partial charge in [0.05, 0.1) is 6.04 Å². The lowest BCUT2D eigenvalue weighted by molar-refractivity contribution is -0.119. The highest BCUT2D eigenvalue weighted by atomic mass is 16.2. The summed E-state index contributed by atoms with van der Waals surface area (Å²) in [6.45, 7) is 10.3. The van der Waals surface area contributed by atoms with Gasteiger partial charge < -0.3 is 16.0 Å². The molecule has 1 fully saturated rings. The van der Waals surface area contributed by atoms with Gasteiger partial charge in [0.1, 0.15) is 5.92 Å². The fourth-order valence-corrected chi connectivity index (χ4v) is 3.20. The highest BCUT2D eigenvalue weighted by molar-refractivity contribution is 5.97. The summed E-state index contributed by atoms with van der Waals surface area (Å²) in [7, 11) is 0. The maximum absolute atomic E-state index is 12.9. The Hall–Kier alpha value is -3.08. The molecule has 140 valence electrons. The summed E-state index contributed by atoms with van der Waals surface area (Å²) in [6.07, 6.45) is 0. The Balaban J connectivity index is 1.89. The van der Waals surface area contributed by atoms with Gasteiger partial charge >= 0.3 is 6.03 Å². The molecule has 0 saturated carbocycles. The van der Waals surface area contributed by atoms with E-state index in [0.29, 0.717) is 11.4 Å². The van der Waals surface area contributed by atoms with Crippen LogP contribution in [0.3, 0.4) is 0 Å². The molecule has 2 atom stereocenters. The lowest BCUT2D eigenvalue weighted by Gasteiger charge is -2.34. The highest BCUT2D eigenvalue weighted by Gasteiger charge is 2.37. The van der Waals surface area contributed by atoms with Crippen molar-refractivity contribution in [2.45, 2.75) is 32.2 Å². The van der Waals surface area contributed by atoms with Crippen molar-refractivity contribution in [1.29, 1.82) is 0 Å². The SMILES string of the molecule is C=C1NC(=O)N[C@@H](c2ccc(C(C)(C)C)cc2)[C@H]1C(=O)Nc1ccccc1. The van der Waals surface area contributed by atoms with Gasteiger partial charge in [-0.1, -0.05) is 69.8 Å². The summed E-state index contributed by atoms with van der Waals surface area (Å²) in [5.41, 5.74) is 3.18. The first kappa shape index (κ1) is 18.7. The molecular weight excluding hydrogens is 338 g/mol. The minimum Gasteiger partial charge on any atom is -0.330 e. The maximum Gasteiger partial charge on any atom is 0.319 e. The quantitative estimate of drug-likeness (QED) is 0.768. The van der Waals surface area contributed by atoms with Crippen LogP contribution in [0, 0.1) is 5.92 Å². The zero-order valence-corrected chi connectivity index (χ0v) is 15.9. The summed E-state index contributed by atoms with van der Waals surface area (Å²) < 4.78 is 0. The number of amides is 3. The average molecular weight is 363 g/mol. The van der Waals surface area contributed by atoms with Gasteiger partial charge in [-0.25, -0.2) is 4.79 Å². The van der Waals surface area contributed by atoms with Crippen LogP contribution in [0.2, 0.25) is 0 Å². The van der Waals surface area contributed by atoms with Crippen molar-refractivity contribution < 1.29 is 9.59 Å². The van der Waals surface area contributed by atoms with E-state index in [2.05, 4.69) is 43.3 Å². The van der Waals surface area contributed by atoms with E-state index in [4.69, 9.17) is 0 Å². The van der Waals surface area contributed by atoms with Crippen LogP contribution in [-0.2, 0) is 10.2 Å². The largest absolute Gasteiger partial charge is 0.330 e. The second kappa shape index (κ2) is 7.27. The molecule has 0 spiro atoms. The van der Waals surface area contributed by atoms with Crippen molar-refractivity contribution in [2.75, 3.05) is 5.32 Å². The zero-order valence-electron chi connectivity index (χ0n) is 15.9. The predicted octanol–water partition coefficient (Wildman–Crippen LogP) is 4.11. The molecule has 2 aromatic rings. The first-order chi connectivity index (χ1) is 12.8. The molecule has 3 rings (SSSR count). The van der Waals surface area contributed by atoms with Crippen LogP contribution in [0.25, 0.3) is 0 Å². The number of para-hydroxylation sites is 1. The third kappa shape index (κ3) is 4.19. The number of hydrogen-bond acceptors (Lipinski definition) is 2. The van der Waals surface area contributed by atoms with Crippen molar-refractivity contribution in [3.05, 3.63) is 78.0 Å². The molecule has 0 radical (unpaired) electrons. The van der Waals surface area contributed by atoms with Gasteiger partial charge in [0.25, 0.3) is 0 Å². The minimum absolute atomic E-state index is 0.0313. The first-order valence-electron chi connectivity index (χ1n) is 8.98. The molecule has 1 aliphatic heterocycles. The normalized spacial score (nSPS) is 19.8. The maximum atomic E-state index is 12.9. The van der Waals surface area contributed by atoms with E-state index in [1.165, 1.54) is 5.56 Å². The van der Waals surface area contributed by atoms with Gasteiger partial charge in [-0.15, -0.1) is 0 Å². The van der Waals surface area contributed by atoms with Gasteiger partial charge in [0.2, 0.25) is 5.91 Å². The van der Waals surface area contributed by atoms with Crippen LogP contribution < -0.4 is 16.0 Å². The van der Waals surface area contributed by atoms with Gasteiger partial charge in [-0.2, -0.15) is 0 Å². The lowest BCUT2D eigenvalue weighted by atomic mass is 9.84. The molecule has 1 heterocycles. The van der Waals surface area contributed by atoms with E-state index in [-0.39, 0.29) is 17.4 Å². The molecule has 0 bridgehead atoms. The number of urea groups is 1. The zero-order chi connectivity index (χ0) is 19.6. The van der Waals surface area contributed by atoms with Crippen molar-refractivity contribution in [2.24, 2.45) is 5.92 Å². The van der Waals surface area contributed by atoms with Gasteiger partial charge in [-0.3, -0.25) is 4.79 Å². The Bertz CT molecular complexity index is 851. The van der Waals surface area contributed by atoms with Crippen molar-refractivity contribution in [3.63, 3.8) is 0 Å². The number of benzene rings is 2. The lowest BCUT2D eigenvalue weighted by Crippen LogP contribution is -2.51. The number of carbonyl (C=O) groups is 2. The molecule has 5 heteroatoms. The van der Waals surface area contributed by atoms with Crippen molar-refractivity contribution in [1.82, 2.24) is 10.6 Å². The highest BCUT2D eigenvalue weighted by Crippen LogP contribution is 2.32. The molecule has 1 saturated heterocycles. The first-order valence-corrected chi connectivity index (χ1v) is 8.98. The van der Waals surface area contributed by atoms with Gasteiger partial charge in [-0.05, 0) is 28.7 Å². The fraction of sp³-hybridized carbons (Fsp3) is 0.273. The topological polar surface area (TPSA) is 70.2 Å². The van der Waals surface area contributed by atoms with E-state index >= 15 is 0 Å². The van der Waals surface area contributed by atoms with Gasteiger partial charge in [0, 0.05) is 11.4 Å². The van der Waals surface area contributed by atoms with Crippen LogP contribution in [0.4, 0.5) is 10.5 Å². The number of carbonyl (C=O) groups excluding carboxylic acids is 2. The minimum atomic E-state index is -0.622. The van der Waals surface area contributed by atoms with E-state index in [1.54, 1.807) is 0 Å². The van der Waals surface area contributed by atoms with Crippen molar-refractivity contribution >= 4 is 17.6 Å². The van der Waals surface area contributed by atoms with Crippen LogP contribution >= 0.6 is 0 Å². The molecular formula is C22H25N3O2. The molecule has 27 heavy (non-hydrogen) atoms. The summed E-state index contributed by atoms with van der Waals surface area (Å²) in [4.78, 5) is 24.9. The molecule has 5 nitrogen and oxygen atoms in total. The summed E-state index contributed by atoms with van der Waals surface area (Å²) in [5.74, 6) is -0.841. The number of nitrogens with one attached hydrogen (secondary N) is 3. The van der Waals surface area contributed by atoms with Crippen LogP contribution in [0.1, 0.15) is 37.9 Å². The van der Waals surface area contributed by atoms with Gasteiger partial charge in [0.15, 0.2) is 0 Å². The number of hydrogen-bond donors (Lipinski definition) is 3. The molecule has 3 amide bonds. The Morgan fingerprint density at radius 3 is 2.26 bits per heavy atom. The Morgan fingerprint density at radius 1 is 1.04 bits per heavy atom. The number of rotatable bonds is 3.